The Kier molecular flexibility index (Phi) is 8.08. The van der Waals surface area contributed by atoms with Crippen molar-refractivity contribution in [2.24, 2.45) is 0 Å². The third kappa shape index (κ3) is 6.00. The summed E-state index contributed by atoms with van der Waals surface area (Å²) < 4.78 is 10.9. The highest BCUT2D eigenvalue weighted by Gasteiger charge is 2.16. The molecule has 2 amide bonds. The number of rotatable bonds is 9. The fraction of sp³-hybridized carbons (Fsp3) is 0.167. The van der Waals surface area contributed by atoms with Crippen LogP contribution in [0.15, 0.2) is 70.8 Å². The zero-order valence-electron chi connectivity index (χ0n) is 17.4. The largest absolute Gasteiger partial charge is 0.497 e. The van der Waals surface area contributed by atoms with Gasteiger partial charge < -0.3 is 24.9 Å². The average molecular weight is 455 g/mol. The second kappa shape index (κ2) is 11.2. The third-order valence-corrected chi connectivity index (χ3v) is 4.85. The maximum atomic E-state index is 12.7. The number of nitrogens with one attached hydrogen (secondary N) is 2. The van der Waals surface area contributed by atoms with Crippen LogP contribution in [0.3, 0.4) is 0 Å². The van der Waals surface area contributed by atoms with Gasteiger partial charge in [-0.05, 0) is 55.0 Å². The number of benzene rings is 2. The summed E-state index contributed by atoms with van der Waals surface area (Å²) in [6.07, 6.45) is 1.83. The van der Waals surface area contributed by atoms with Crippen molar-refractivity contribution in [3.63, 3.8) is 0 Å². The third-order valence-electron chi connectivity index (χ3n) is 4.52. The van der Waals surface area contributed by atoms with Gasteiger partial charge in [0.2, 0.25) is 0 Å². The normalized spacial score (nSPS) is 11.2. The molecule has 3 rings (SSSR count). The number of aliphatic hydroxyl groups is 1. The topological polar surface area (TPSA) is 101 Å². The van der Waals surface area contributed by atoms with Crippen LogP contribution < -0.4 is 15.4 Å². The lowest BCUT2D eigenvalue weighted by Crippen LogP contribution is -2.35. The van der Waals surface area contributed by atoms with Crippen LogP contribution in [0.25, 0.3) is 17.4 Å². The van der Waals surface area contributed by atoms with Crippen molar-refractivity contribution in [1.82, 2.24) is 10.6 Å². The van der Waals surface area contributed by atoms with Gasteiger partial charge >= 0.3 is 0 Å². The molecule has 7 nitrogen and oxygen atoms in total. The van der Waals surface area contributed by atoms with Crippen molar-refractivity contribution in [2.75, 3.05) is 20.3 Å². The molecule has 0 atom stereocenters. The van der Waals surface area contributed by atoms with Crippen LogP contribution in [0.4, 0.5) is 0 Å². The molecule has 0 saturated heterocycles. The summed E-state index contributed by atoms with van der Waals surface area (Å²) in [7, 11) is 1.53. The smallest absolute Gasteiger partial charge is 0.267 e. The van der Waals surface area contributed by atoms with Gasteiger partial charge in [0, 0.05) is 30.4 Å². The molecule has 1 heterocycles. The molecular weight excluding hydrogens is 432 g/mol. The lowest BCUT2D eigenvalue weighted by molar-refractivity contribution is -0.117. The number of aliphatic hydroxyl groups excluding tert-OH is 1. The van der Waals surface area contributed by atoms with E-state index in [9.17, 15) is 9.59 Å². The fourth-order valence-corrected chi connectivity index (χ4v) is 3.08. The SMILES string of the molecule is COc1ccc(C(=O)N/C(=C\c2ccc(-c3ccccc3Cl)o2)C(=O)NCCCO)cc1. The number of carbonyl (C=O) groups is 2. The Bertz CT molecular complexity index is 1110. The minimum absolute atomic E-state index is 0.00353. The van der Waals surface area contributed by atoms with Gasteiger partial charge in [-0.25, -0.2) is 0 Å². The number of hydrogen-bond donors (Lipinski definition) is 3. The lowest BCUT2D eigenvalue weighted by Gasteiger charge is -2.11. The molecule has 0 spiro atoms. The second-order valence-corrected chi connectivity index (χ2v) is 7.16. The quantitative estimate of drug-likeness (QED) is 0.336. The molecule has 0 aliphatic carbocycles. The highest BCUT2D eigenvalue weighted by atomic mass is 35.5. The molecule has 0 saturated carbocycles. The van der Waals surface area contributed by atoms with Crippen molar-refractivity contribution in [3.05, 3.63) is 82.7 Å². The Balaban J connectivity index is 1.85. The minimum atomic E-state index is -0.504. The summed E-state index contributed by atoms with van der Waals surface area (Å²) in [4.78, 5) is 25.4. The highest BCUT2D eigenvalue weighted by Crippen LogP contribution is 2.29. The van der Waals surface area contributed by atoms with E-state index >= 15 is 0 Å². The van der Waals surface area contributed by atoms with E-state index in [0.29, 0.717) is 39.8 Å². The van der Waals surface area contributed by atoms with E-state index in [1.807, 2.05) is 18.2 Å². The van der Waals surface area contributed by atoms with Crippen LogP contribution >= 0.6 is 11.6 Å². The molecule has 0 aliphatic rings. The van der Waals surface area contributed by atoms with E-state index in [4.69, 9.17) is 25.9 Å². The molecule has 0 aliphatic heterocycles. The molecule has 1 aromatic heterocycles. The van der Waals surface area contributed by atoms with Crippen molar-refractivity contribution in [3.8, 4) is 17.1 Å². The first-order valence-corrected chi connectivity index (χ1v) is 10.3. The van der Waals surface area contributed by atoms with Crippen molar-refractivity contribution in [1.29, 1.82) is 0 Å². The second-order valence-electron chi connectivity index (χ2n) is 6.76. The summed E-state index contributed by atoms with van der Waals surface area (Å²) in [5, 5.41) is 14.8. The fourth-order valence-electron chi connectivity index (χ4n) is 2.85. The van der Waals surface area contributed by atoms with Crippen LogP contribution in [-0.4, -0.2) is 37.2 Å². The molecule has 0 bridgehead atoms. The Morgan fingerprint density at radius 3 is 2.53 bits per heavy atom. The van der Waals surface area contributed by atoms with Crippen molar-refractivity contribution in [2.45, 2.75) is 6.42 Å². The van der Waals surface area contributed by atoms with Gasteiger partial charge in [-0.15, -0.1) is 0 Å². The van der Waals surface area contributed by atoms with Gasteiger partial charge in [-0.3, -0.25) is 9.59 Å². The van der Waals surface area contributed by atoms with E-state index in [1.165, 1.54) is 13.2 Å². The van der Waals surface area contributed by atoms with Crippen LogP contribution in [0, 0.1) is 0 Å². The molecule has 0 unspecified atom stereocenters. The van der Waals surface area contributed by atoms with E-state index in [0.717, 1.165) is 0 Å². The maximum absolute atomic E-state index is 12.7. The first-order chi connectivity index (χ1) is 15.5. The van der Waals surface area contributed by atoms with Gasteiger partial charge in [0.25, 0.3) is 11.8 Å². The minimum Gasteiger partial charge on any atom is -0.497 e. The summed E-state index contributed by atoms with van der Waals surface area (Å²) in [5.74, 6) is 0.539. The number of furan rings is 1. The molecule has 0 radical (unpaired) electrons. The van der Waals surface area contributed by atoms with E-state index < -0.39 is 11.8 Å². The first kappa shape index (κ1) is 23.1. The average Bonchev–Trinajstić information content (AvgIpc) is 3.27. The van der Waals surface area contributed by atoms with Gasteiger partial charge in [0.05, 0.1) is 12.1 Å². The molecule has 8 heteroatoms. The molecule has 32 heavy (non-hydrogen) atoms. The van der Waals surface area contributed by atoms with Crippen LogP contribution in [0.2, 0.25) is 5.02 Å². The number of methoxy groups -OCH3 is 1. The highest BCUT2D eigenvalue weighted by molar-refractivity contribution is 6.33. The summed E-state index contributed by atoms with van der Waals surface area (Å²) in [5.41, 5.74) is 1.07. The Morgan fingerprint density at radius 1 is 1.09 bits per heavy atom. The lowest BCUT2D eigenvalue weighted by atomic mass is 10.2. The molecular formula is C24H23ClN2O5. The number of hydrogen-bond acceptors (Lipinski definition) is 5. The van der Waals surface area contributed by atoms with Crippen molar-refractivity contribution >= 4 is 29.5 Å². The predicted molar refractivity (Wildman–Crippen MR) is 122 cm³/mol. The number of halogens is 1. The Hall–Kier alpha value is -3.55. The molecule has 3 aromatic rings. The van der Waals surface area contributed by atoms with Crippen molar-refractivity contribution < 1.29 is 23.8 Å². The predicted octanol–water partition coefficient (Wildman–Crippen LogP) is 3.88. The first-order valence-electron chi connectivity index (χ1n) is 9.92. The van der Waals surface area contributed by atoms with E-state index in [1.54, 1.807) is 42.5 Å². The zero-order chi connectivity index (χ0) is 22.9. The zero-order valence-corrected chi connectivity index (χ0v) is 18.2. The molecule has 166 valence electrons. The monoisotopic (exact) mass is 454 g/mol. The number of ether oxygens (including phenoxy) is 1. The summed E-state index contributed by atoms with van der Waals surface area (Å²) in [6.45, 7) is 0.199. The Labute approximate surface area is 190 Å². The van der Waals surface area contributed by atoms with E-state index in [-0.39, 0.29) is 18.8 Å². The van der Waals surface area contributed by atoms with Crippen LogP contribution in [0.5, 0.6) is 5.75 Å². The molecule has 2 aromatic carbocycles. The number of carbonyl (C=O) groups excluding carboxylic acids is 2. The maximum Gasteiger partial charge on any atom is 0.267 e. The van der Waals surface area contributed by atoms with Gasteiger partial charge in [-0.1, -0.05) is 23.7 Å². The van der Waals surface area contributed by atoms with Gasteiger partial charge in [0.15, 0.2) is 0 Å². The van der Waals surface area contributed by atoms with E-state index in [2.05, 4.69) is 10.6 Å². The van der Waals surface area contributed by atoms with Crippen LogP contribution in [0.1, 0.15) is 22.5 Å². The Morgan fingerprint density at radius 2 is 1.84 bits per heavy atom. The molecule has 0 fully saturated rings. The number of amides is 2. The van der Waals surface area contributed by atoms with Gasteiger partial charge in [-0.2, -0.15) is 0 Å². The standard InChI is InChI=1S/C24H23ClN2O5/c1-31-17-9-7-16(8-10-17)23(29)27-21(24(30)26-13-4-14-28)15-18-11-12-22(32-18)19-5-2-3-6-20(19)25/h2-3,5-12,15,28H,4,13-14H2,1H3,(H,26,30)(H,27,29)/b21-15-. The molecule has 3 N–H and O–H groups in total. The van der Waals surface area contributed by atoms with Crippen LogP contribution in [-0.2, 0) is 4.79 Å². The van der Waals surface area contributed by atoms with Gasteiger partial charge in [0.1, 0.15) is 23.0 Å². The summed E-state index contributed by atoms with van der Waals surface area (Å²) >= 11 is 6.23. The summed E-state index contributed by atoms with van der Waals surface area (Å²) in [6, 6.07) is 17.2.